The summed E-state index contributed by atoms with van der Waals surface area (Å²) in [5.74, 6) is -0.777. The molecule has 0 heterocycles. The van der Waals surface area contributed by atoms with E-state index in [1.165, 1.54) is 83.5 Å². The van der Waals surface area contributed by atoms with Crippen LogP contribution in [0.25, 0.3) is 0 Å². The molecule has 8 nitrogen and oxygen atoms in total. The molecule has 0 aliphatic rings. The molecule has 55 heavy (non-hydrogen) atoms. The molecule has 0 rings (SSSR count). The number of allylic oxidation sites excluding steroid dienone is 4. The monoisotopic (exact) mass is 778 g/mol. The number of carbonyl (C=O) groups is 3. The Kier molecular flexibility index (Phi) is 39.5. The average molecular weight is 778 g/mol. The van der Waals surface area contributed by atoms with Crippen LogP contribution in [0.1, 0.15) is 207 Å². The van der Waals surface area contributed by atoms with Crippen molar-refractivity contribution in [2.45, 2.75) is 213 Å². The molecule has 0 aliphatic carbocycles. The zero-order valence-corrected chi connectivity index (χ0v) is 36.6. The second-order valence-corrected chi connectivity index (χ2v) is 15.6. The highest BCUT2D eigenvalue weighted by molar-refractivity contribution is 5.73. The lowest BCUT2D eigenvalue weighted by Gasteiger charge is -2.25. The molecular weight excluding hydrogens is 691 g/mol. The van der Waals surface area contributed by atoms with Crippen LogP contribution in [0.4, 0.5) is 4.79 Å². The molecule has 0 fully saturated rings. The summed E-state index contributed by atoms with van der Waals surface area (Å²) < 4.78 is 22.2. The van der Waals surface area contributed by atoms with E-state index in [0.29, 0.717) is 39.1 Å². The van der Waals surface area contributed by atoms with E-state index in [1.807, 2.05) is 21.0 Å². The van der Waals surface area contributed by atoms with Crippen molar-refractivity contribution in [3.8, 4) is 0 Å². The molecule has 0 spiro atoms. The average Bonchev–Trinajstić information content (AvgIpc) is 3.16. The minimum atomic E-state index is -0.685. The van der Waals surface area contributed by atoms with Gasteiger partial charge in [0.2, 0.25) is 0 Å². The fourth-order valence-corrected chi connectivity index (χ4v) is 6.73. The minimum Gasteiger partial charge on any atom is -0.466 e. The van der Waals surface area contributed by atoms with E-state index in [0.717, 1.165) is 90.0 Å². The topological polar surface area (TPSA) is 91.4 Å². The number of carbonyl (C=O) groups excluding carboxylic acids is 3. The van der Waals surface area contributed by atoms with E-state index < -0.39 is 18.2 Å². The predicted octanol–water partition coefficient (Wildman–Crippen LogP) is 13.3. The molecule has 0 bridgehead atoms. The second-order valence-electron chi connectivity index (χ2n) is 15.6. The third-order valence-electron chi connectivity index (χ3n) is 10.1. The van der Waals surface area contributed by atoms with Gasteiger partial charge in [-0.15, -0.1) is 0 Å². The summed E-state index contributed by atoms with van der Waals surface area (Å²) in [5, 5.41) is 0. The largest absolute Gasteiger partial charge is 0.508 e. The first-order chi connectivity index (χ1) is 26.8. The zero-order chi connectivity index (χ0) is 40.5. The first kappa shape index (κ1) is 52.6. The molecule has 0 saturated heterocycles. The van der Waals surface area contributed by atoms with Crippen LogP contribution in [0.3, 0.4) is 0 Å². The Bertz CT molecular complexity index is 934. The van der Waals surface area contributed by atoms with E-state index in [-0.39, 0.29) is 11.9 Å². The summed E-state index contributed by atoms with van der Waals surface area (Å²) in [6.45, 7) is 8.26. The Morgan fingerprint density at radius 2 is 1.04 bits per heavy atom. The minimum absolute atomic E-state index is 0.0334. The highest BCUT2D eigenvalue weighted by Gasteiger charge is 2.32. The van der Waals surface area contributed by atoms with E-state index >= 15 is 0 Å². The summed E-state index contributed by atoms with van der Waals surface area (Å²) >= 11 is 0. The van der Waals surface area contributed by atoms with Gasteiger partial charge in [0, 0.05) is 13.0 Å². The molecule has 0 saturated carbocycles. The summed E-state index contributed by atoms with van der Waals surface area (Å²) in [6, 6.07) is 0. The Hall–Kier alpha value is -2.35. The first-order valence-electron chi connectivity index (χ1n) is 23.0. The van der Waals surface area contributed by atoms with Gasteiger partial charge in [-0.25, -0.2) is 4.79 Å². The van der Waals surface area contributed by atoms with Crippen LogP contribution in [-0.2, 0) is 28.5 Å². The third kappa shape index (κ3) is 37.0. The third-order valence-corrected chi connectivity index (χ3v) is 10.1. The Morgan fingerprint density at radius 3 is 1.65 bits per heavy atom. The van der Waals surface area contributed by atoms with E-state index in [2.05, 4.69) is 43.1 Å². The fourth-order valence-electron chi connectivity index (χ4n) is 6.73. The molecule has 0 radical (unpaired) electrons. The van der Waals surface area contributed by atoms with Crippen LogP contribution in [0.15, 0.2) is 24.3 Å². The number of ether oxygens (including phenoxy) is 4. The van der Waals surface area contributed by atoms with Gasteiger partial charge in [-0.05, 0) is 91.6 Å². The van der Waals surface area contributed by atoms with Crippen molar-refractivity contribution in [2.75, 3.05) is 40.5 Å². The lowest BCUT2D eigenvalue weighted by molar-refractivity contribution is -0.153. The van der Waals surface area contributed by atoms with E-state index in [9.17, 15) is 14.4 Å². The van der Waals surface area contributed by atoms with E-state index in [1.54, 1.807) is 0 Å². The number of esters is 2. The van der Waals surface area contributed by atoms with Gasteiger partial charge in [0.15, 0.2) is 0 Å². The highest BCUT2D eigenvalue weighted by Crippen LogP contribution is 2.25. The molecule has 8 heteroatoms. The van der Waals surface area contributed by atoms with Gasteiger partial charge < -0.3 is 23.8 Å². The zero-order valence-electron chi connectivity index (χ0n) is 36.6. The SMILES string of the molecule is CCCCC/C=C\C/C=C\CCCCCC(OC(=O)OCCCN(C)C)C(CCCCCCCCCCCCCOC(=O)CCCCCCC)C(=O)OCC. The van der Waals surface area contributed by atoms with Crippen LogP contribution in [-0.4, -0.2) is 69.6 Å². The molecule has 2 unspecified atom stereocenters. The maximum Gasteiger partial charge on any atom is 0.508 e. The summed E-state index contributed by atoms with van der Waals surface area (Å²) in [5.41, 5.74) is 0. The van der Waals surface area contributed by atoms with Crippen molar-refractivity contribution in [3.63, 3.8) is 0 Å². The predicted molar refractivity (Wildman–Crippen MR) is 229 cm³/mol. The number of rotatable bonds is 40. The maximum atomic E-state index is 13.2. The number of nitrogens with zero attached hydrogens (tertiary/aromatic N) is 1. The van der Waals surface area contributed by atoms with Crippen molar-refractivity contribution in [1.29, 1.82) is 0 Å². The van der Waals surface area contributed by atoms with Crippen LogP contribution in [0.5, 0.6) is 0 Å². The standard InChI is InChI=1S/C47H87NO7/c1-6-9-11-13-14-15-16-17-20-23-26-30-33-38-44(55-47(51)54-42-36-40-48(4)5)43(46(50)52-8-3)37-32-29-25-22-19-18-21-24-27-31-35-41-53-45(49)39-34-28-12-10-7-2/h14-15,17,20,43-44H,6-13,16,18-19,21-42H2,1-5H3/b15-14-,20-17-. The van der Waals surface area contributed by atoms with Gasteiger partial charge in [-0.3, -0.25) is 9.59 Å². The molecular formula is C47H87NO7. The van der Waals surface area contributed by atoms with Crippen molar-refractivity contribution in [3.05, 3.63) is 24.3 Å². The summed E-state index contributed by atoms with van der Waals surface area (Å²) in [4.78, 5) is 39.8. The Labute approximate surface area is 339 Å². The highest BCUT2D eigenvalue weighted by atomic mass is 16.7. The van der Waals surface area contributed by atoms with Crippen LogP contribution in [0, 0.1) is 5.92 Å². The number of hydrogen-bond acceptors (Lipinski definition) is 8. The lowest BCUT2D eigenvalue weighted by atomic mass is 9.91. The maximum absolute atomic E-state index is 13.2. The number of hydrogen-bond donors (Lipinski definition) is 0. The lowest BCUT2D eigenvalue weighted by Crippen LogP contribution is -2.34. The van der Waals surface area contributed by atoms with Crippen LogP contribution >= 0.6 is 0 Å². The molecule has 0 N–H and O–H groups in total. The van der Waals surface area contributed by atoms with Gasteiger partial charge >= 0.3 is 18.1 Å². The van der Waals surface area contributed by atoms with Gasteiger partial charge in [0.1, 0.15) is 6.10 Å². The van der Waals surface area contributed by atoms with Crippen molar-refractivity contribution in [2.24, 2.45) is 5.92 Å². The van der Waals surface area contributed by atoms with Crippen molar-refractivity contribution >= 4 is 18.1 Å². The Balaban J connectivity index is 4.53. The molecule has 0 aliphatic heterocycles. The van der Waals surface area contributed by atoms with Crippen molar-refractivity contribution in [1.82, 2.24) is 4.90 Å². The van der Waals surface area contributed by atoms with Gasteiger partial charge in [-0.2, -0.15) is 0 Å². The molecule has 0 aromatic heterocycles. The van der Waals surface area contributed by atoms with Gasteiger partial charge in [-0.1, -0.05) is 147 Å². The molecule has 0 aromatic carbocycles. The summed E-state index contributed by atoms with van der Waals surface area (Å²) in [7, 11) is 3.98. The van der Waals surface area contributed by atoms with Crippen LogP contribution in [0.2, 0.25) is 0 Å². The second kappa shape index (κ2) is 41.3. The molecule has 0 amide bonds. The fraction of sp³-hybridized carbons (Fsp3) is 0.851. The smallest absolute Gasteiger partial charge is 0.466 e. The van der Waals surface area contributed by atoms with Crippen molar-refractivity contribution < 1.29 is 33.3 Å². The summed E-state index contributed by atoms with van der Waals surface area (Å²) in [6.07, 6.45) is 38.7. The van der Waals surface area contributed by atoms with Crippen LogP contribution < -0.4 is 0 Å². The van der Waals surface area contributed by atoms with E-state index in [4.69, 9.17) is 18.9 Å². The Morgan fingerprint density at radius 1 is 0.527 bits per heavy atom. The molecule has 2 atom stereocenters. The first-order valence-corrected chi connectivity index (χ1v) is 23.0. The molecule has 322 valence electrons. The quantitative estimate of drug-likeness (QED) is 0.0263. The van der Waals surface area contributed by atoms with Gasteiger partial charge in [0.05, 0.1) is 25.7 Å². The molecule has 0 aromatic rings. The normalized spacial score (nSPS) is 12.8. The number of unbranched alkanes of at least 4 members (excludes halogenated alkanes) is 20. The van der Waals surface area contributed by atoms with Gasteiger partial charge in [0.25, 0.3) is 0 Å².